The van der Waals surface area contributed by atoms with Gasteiger partial charge in [-0.25, -0.2) is 4.79 Å². The van der Waals surface area contributed by atoms with Crippen LogP contribution in [0.2, 0.25) is 0 Å². The molecule has 1 aromatic rings. The summed E-state index contributed by atoms with van der Waals surface area (Å²) in [6.45, 7) is 10.8. The van der Waals surface area contributed by atoms with E-state index < -0.39 is 15.7 Å². The number of benzene rings is 1. The van der Waals surface area contributed by atoms with Crippen molar-refractivity contribution >= 4 is 16.2 Å². The summed E-state index contributed by atoms with van der Waals surface area (Å²) in [6.07, 6.45) is 1.34. The molecule has 1 aromatic carbocycles. The van der Waals surface area contributed by atoms with E-state index in [1.165, 1.54) is 0 Å². The van der Waals surface area contributed by atoms with Crippen LogP contribution in [0.3, 0.4) is 0 Å². The molecule has 0 radical (unpaired) electrons. The molecule has 1 aliphatic rings. The van der Waals surface area contributed by atoms with Crippen LogP contribution in [0.1, 0.15) is 46.1 Å². The molecule has 0 spiro atoms. The van der Waals surface area contributed by atoms with Gasteiger partial charge in [-0.2, -0.15) is 8.42 Å². The van der Waals surface area contributed by atoms with Gasteiger partial charge in [0.2, 0.25) is 0 Å². The highest BCUT2D eigenvalue weighted by Crippen LogP contribution is 2.27. The number of rotatable bonds is 5. The van der Waals surface area contributed by atoms with E-state index >= 15 is 0 Å². The minimum Gasteiger partial charge on any atom is -0.444 e. The molecule has 2 rings (SSSR count). The van der Waals surface area contributed by atoms with Gasteiger partial charge in [-0.15, -0.1) is 0 Å². The summed E-state index contributed by atoms with van der Waals surface area (Å²) in [4.78, 5) is 14.0. The van der Waals surface area contributed by atoms with E-state index in [0.717, 1.165) is 18.4 Å². The highest BCUT2D eigenvalue weighted by molar-refractivity contribution is 7.86. The minimum absolute atomic E-state index is 0.0889. The Morgan fingerprint density at radius 2 is 1.74 bits per heavy atom. The number of ether oxygens (including phenoxy) is 1. The van der Waals surface area contributed by atoms with Gasteiger partial charge in [0.1, 0.15) is 5.60 Å². The van der Waals surface area contributed by atoms with Gasteiger partial charge < -0.3 is 9.64 Å². The molecule has 1 heterocycles. The van der Waals surface area contributed by atoms with E-state index in [-0.39, 0.29) is 23.5 Å². The van der Waals surface area contributed by atoms with E-state index in [1.54, 1.807) is 29.2 Å². The Balaban J connectivity index is 1.83. The number of carbonyl (C=O) groups excluding carboxylic acids is 1. The summed E-state index contributed by atoms with van der Waals surface area (Å²) in [7, 11) is -3.74. The predicted molar refractivity (Wildman–Crippen MR) is 104 cm³/mol. The molecule has 0 bridgehead atoms. The van der Waals surface area contributed by atoms with Gasteiger partial charge in [0.25, 0.3) is 10.1 Å². The molecule has 0 aromatic heterocycles. The summed E-state index contributed by atoms with van der Waals surface area (Å²) in [5.74, 6) is 0.405. The van der Waals surface area contributed by atoms with Crippen molar-refractivity contribution < 1.29 is 22.1 Å². The van der Waals surface area contributed by atoms with Crippen molar-refractivity contribution in [3.05, 3.63) is 29.8 Å². The van der Waals surface area contributed by atoms with Crippen molar-refractivity contribution in [1.82, 2.24) is 4.90 Å². The van der Waals surface area contributed by atoms with Crippen LogP contribution in [-0.2, 0) is 19.0 Å². The van der Waals surface area contributed by atoms with Crippen molar-refractivity contribution in [1.29, 1.82) is 0 Å². The largest absolute Gasteiger partial charge is 0.444 e. The second kappa shape index (κ2) is 8.61. The third kappa shape index (κ3) is 6.50. The highest BCUT2D eigenvalue weighted by atomic mass is 32.2. The molecule has 0 N–H and O–H groups in total. The first kappa shape index (κ1) is 21.7. The molecule has 1 atom stereocenters. The molecule has 1 unspecified atom stereocenters. The third-order valence-electron chi connectivity index (χ3n) is 4.79. The zero-order valence-corrected chi connectivity index (χ0v) is 17.7. The first-order valence-corrected chi connectivity index (χ1v) is 10.8. The maximum Gasteiger partial charge on any atom is 0.410 e. The molecule has 152 valence electrons. The van der Waals surface area contributed by atoms with Gasteiger partial charge in [0.05, 0.1) is 11.5 Å². The summed E-state index contributed by atoms with van der Waals surface area (Å²) >= 11 is 0. The van der Waals surface area contributed by atoms with Gasteiger partial charge in [-0.05, 0) is 64.5 Å². The molecule has 1 fully saturated rings. The van der Waals surface area contributed by atoms with Crippen LogP contribution in [0.5, 0.6) is 0 Å². The Labute approximate surface area is 163 Å². The van der Waals surface area contributed by atoms with E-state index in [9.17, 15) is 13.2 Å². The Morgan fingerprint density at radius 3 is 2.26 bits per heavy atom. The standard InChI is InChI=1S/C20H31NO5S/c1-15-6-8-18(9-7-15)27(23,24)25-14-16(2)17-10-12-21(13-11-17)19(22)26-20(3,4)5/h6-9,16-17H,10-14H2,1-5H3. The predicted octanol–water partition coefficient (Wildman–Crippen LogP) is 3.98. The summed E-state index contributed by atoms with van der Waals surface area (Å²) in [5.41, 5.74) is 0.499. The SMILES string of the molecule is Cc1ccc(S(=O)(=O)OCC(C)C2CCN(C(=O)OC(C)(C)C)CC2)cc1. The van der Waals surface area contributed by atoms with Crippen LogP contribution in [0.15, 0.2) is 29.2 Å². The fraction of sp³-hybridized carbons (Fsp3) is 0.650. The molecule has 7 heteroatoms. The summed E-state index contributed by atoms with van der Waals surface area (Å²) in [5, 5.41) is 0. The van der Waals surface area contributed by atoms with Crippen molar-refractivity contribution in [2.75, 3.05) is 19.7 Å². The fourth-order valence-electron chi connectivity index (χ4n) is 3.08. The van der Waals surface area contributed by atoms with E-state index in [1.807, 2.05) is 34.6 Å². The monoisotopic (exact) mass is 397 g/mol. The maximum atomic E-state index is 12.3. The Kier molecular flexibility index (Phi) is 6.92. The van der Waals surface area contributed by atoms with Crippen LogP contribution in [0.25, 0.3) is 0 Å². The molecule has 1 amide bonds. The van der Waals surface area contributed by atoms with Crippen molar-refractivity contribution in [3.63, 3.8) is 0 Å². The number of amides is 1. The second-order valence-corrected chi connectivity index (χ2v) is 9.95. The van der Waals surface area contributed by atoms with Gasteiger partial charge in [-0.3, -0.25) is 4.18 Å². The normalized spacial score (nSPS) is 17.6. The van der Waals surface area contributed by atoms with Crippen molar-refractivity contribution in [3.8, 4) is 0 Å². The number of likely N-dealkylation sites (tertiary alicyclic amines) is 1. The zero-order chi connectivity index (χ0) is 20.2. The minimum atomic E-state index is -3.74. The first-order chi connectivity index (χ1) is 12.5. The average Bonchev–Trinajstić information content (AvgIpc) is 2.59. The number of hydrogen-bond donors (Lipinski definition) is 0. The lowest BCUT2D eigenvalue weighted by Crippen LogP contribution is -2.43. The van der Waals surface area contributed by atoms with Crippen molar-refractivity contribution in [2.24, 2.45) is 11.8 Å². The van der Waals surface area contributed by atoms with Gasteiger partial charge in [-0.1, -0.05) is 24.6 Å². The third-order valence-corrected chi connectivity index (χ3v) is 6.09. The Hall–Kier alpha value is -1.60. The lowest BCUT2D eigenvalue weighted by atomic mass is 9.86. The molecule has 0 aliphatic carbocycles. The summed E-state index contributed by atoms with van der Waals surface area (Å²) < 4.78 is 35.3. The van der Waals surface area contributed by atoms with Crippen LogP contribution in [0.4, 0.5) is 4.79 Å². The van der Waals surface area contributed by atoms with Gasteiger partial charge in [0, 0.05) is 13.1 Å². The molecular formula is C20H31NO5S. The number of nitrogens with zero attached hydrogens (tertiary/aromatic N) is 1. The van der Waals surface area contributed by atoms with Crippen LogP contribution >= 0.6 is 0 Å². The average molecular weight is 398 g/mol. The number of piperidine rings is 1. The van der Waals surface area contributed by atoms with E-state index in [2.05, 4.69) is 0 Å². The van der Waals surface area contributed by atoms with Crippen LogP contribution in [0, 0.1) is 18.8 Å². The Morgan fingerprint density at radius 1 is 1.19 bits per heavy atom. The maximum absolute atomic E-state index is 12.3. The van der Waals surface area contributed by atoms with E-state index in [4.69, 9.17) is 8.92 Å². The van der Waals surface area contributed by atoms with Gasteiger partial charge >= 0.3 is 6.09 Å². The molecular weight excluding hydrogens is 366 g/mol. The number of carbonyl (C=O) groups is 1. The number of aryl methyl sites for hydroxylation is 1. The van der Waals surface area contributed by atoms with Crippen LogP contribution in [-0.4, -0.2) is 44.7 Å². The number of hydrogen-bond acceptors (Lipinski definition) is 5. The quantitative estimate of drug-likeness (QED) is 0.703. The summed E-state index contributed by atoms with van der Waals surface area (Å²) in [6, 6.07) is 6.64. The van der Waals surface area contributed by atoms with Crippen LogP contribution < -0.4 is 0 Å². The molecule has 6 nitrogen and oxygen atoms in total. The van der Waals surface area contributed by atoms with E-state index in [0.29, 0.717) is 19.0 Å². The lowest BCUT2D eigenvalue weighted by molar-refractivity contribution is 0.0152. The fourth-order valence-corrected chi connectivity index (χ4v) is 4.08. The smallest absolute Gasteiger partial charge is 0.410 e. The molecule has 1 saturated heterocycles. The lowest BCUT2D eigenvalue weighted by Gasteiger charge is -2.35. The molecule has 0 saturated carbocycles. The van der Waals surface area contributed by atoms with Crippen molar-refractivity contribution in [2.45, 2.75) is 58.0 Å². The topological polar surface area (TPSA) is 72.9 Å². The second-order valence-electron chi connectivity index (χ2n) is 8.33. The molecule has 1 aliphatic heterocycles. The van der Waals surface area contributed by atoms with Gasteiger partial charge in [0.15, 0.2) is 0 Å². The zero-order valence-electron chi connectivity index (χ0n) is 16.9. The first-order valence-electron chi connectivity index (χ1n) is 9.42. The Bertz CT molecular complexity index is 729. The highest BCUT2D eigenvalue weighted by Gasteiger charge is 2.30. The molecule has 27 heavy (non-hydrogen) atoms.